The normalized spacial score (nSPS) is 27.2. The van der Waals surface area contributed by atoms with Gasteiger partial charge in [0.25, 0.3) is 11.8 Å². The number of carbonyl (C=O) groups excluding carboxylic acids is 2. The second-order valence-electron chi connectivity index (χ2n) is 9.97. The number of benzene rings is 2. The van der Waals surface area contributed by atoms with E-state index in [1.165, 1.54) is 28.5 Å². The molecule has 3 aromatic rings. The van der Waals surface area contributed by atoms with Crippen molar-refractivity contribution in [3.63, 3.8) is 0 Å². The van der Waals surface area contributed by atoms with Gasteiger partial charge in [0.15, 0.2) is 21.2 Å². The summed E-state index contributed by atoms with van der Waals surface area (Å²) in [5, 5.41) is 11.3. The number of carbonyl (C=O) groups is 2. The van der Waals surface area contributed by atoms with Crippen LogP contribution in [-0.2, 0) is 23.2 Å². The quantitative estimate of drug-likeness (QED) is 0.285. The number of alkyl halides is 2. The van der Waals surface area contributed by atoms with Crippen molar-refractivity contribution in [1.82, 2.24) is 13.9 Å². The lowest BCUT2D eigenvalue weighted by molar-refractivity contribution is -0.122. The van der Waals surface area contributed by atoms with Gasteiger partial charge in [0, 0.05) is 24.9 Å². The third kappa shape index (κ3) is 3.21. The second kappa shape index (κ2) is 8.84. The molecule has 1 saturated carbocycles. The molecule has 2 amide bonds. The molecule has 2 aliphatic heterocycles. The number of hydrogen-bond acceptors (Lipinski definition) is 6. The molecule has 2 fully saturated rings. The number of para-hydroxylation sites is 1. The number of phenols is 1. The van der Waals surface area contributed by atoms with Crippen LogP contribution in [0.5, 0.6) is 11.5 Å². The molecule has 3 aliphatic rings. The van der Waals surface area contributed by atoms with Crippen LogP contribution in [0.25, 0.3) is 0 Å². The lowest BCUT2D eigenvalue weighted by atomic mass is 9.64. The molecule has 208 valence electrons. The molecule has 0 radical (unpaired) electrons. The Labute approximate surface area is 236 Å². The maximum Gasteiger partial charge on any atom is 0.347 e. The number of aromatic nitrogens is 3. The predicted molar refractivity (Wildman–Crippen MR) is 144 cm³/mol. The number of ether oxygens (including phenoxy) is 1. The summed E-state index contributed by atoms with van der Waals surface area (Å²) in [7, 11) is 1.34. The van der Waals surface area contributed by atoms with Crippen molar-refractivity contribution in [3.8, 4) is 11.5 Å². The summed E-state index contributed by atoms with van der Waals surface area (Å²) in [6.07, 6.45) is 1.36. The van der Waals surface area contributed by atoms with Crippen LogP contribution in [0.2, 0.25) is 0 Å². The Morgan fingerprint density at radius 1 is 1.05 bits per heavy atom. The average Bonchev–Trinajstić information content (AvgIpc) is 3.24. The second-order valence-corrected chi connectivity index (χ2v) is 11.2. The van der Waals surface area contributed by atoms with Crippen LogP contribution in [0, 0.1) is 5.82 Å². The number of hydrogen-bond donors (Lipinski definition) is 1. The fourth-order valence-corrected chi connectivity index (χ4v) is 7.07. The first-order chi connectivity index (χ1) is 19.0. The molecule has 0 spiro atoms. The van der Waals surface area contributed by atoms with E-state index in [0.29, 0.717) is 5.57 Å². The Kier molecular flexibility index (Phi) is 5.83. The molecule has 40 heavy (non-hydrogen) atoms. The molecule has 0 bridgehead atoms. The van der Waals surface area contributed by atoms with Crippen molar-refractivity contribution in [1.29, 1.82) is 0 Å². The maximum absolute atomic E-state index is 14.2. The molecule has 1 aliphatic carbocycles. The number of aromatic hydroxyl groups is 1. The zero-order valence-corrected chi connectivity index (χ0v) is 22.8. The Balaban J connectivity index is 1.64. The van der Waals surface area contributed by atoms with Crippen molar-refractivity contribution >= 4 is 40.7 Å². The Bertz CT molecular complexity index is 1740. The third-order valence-electron chi connectivity index (χ3n) is 8.00. The molecule has 3 heterocycles. The van der Waals surface area contributed by atoms with Crippen molar-refractivity contribution in [3.05, 3.63) is 86.5 Å². The van der Waals surface area contributed by atoms with E-state index >= 15 is 0 Å². The van der Waals surface area contributed by atoms with Gasteiger partial charge >= 0.3 is 11.4 Å². The van der Waals surface area contributed by atoms with Gasteiger partial charge in [-0.3, -0.25) is 9.59 Å². The molecular formula is C27H23Cl2FN4O6. The molecule has 0 unspecified atom stereocenters. The van der Waals surface area contributed by atoms with Crippen LogP contribution in [0.3, 0.4) is 0 Å². The highest BCUT2D eigenvalue weighted by Crippen LogP contribution is 2.64. The van der Waals surface area contributed by atoms with Gasteiger partial charge < -0.3 is 9.84 Å². The summed E-state index contributed by atoms with van der Waals surface area (Å²) in [6.45, 7) is 1.95. The van der Waals surface area contributed by atoms with E-state index in [-0.39, 0.29) is 42.3 Å². The molecular weight excluding hydrogens is 566 g/mol. The number of imide groups is 1. The lowest BCUT2D eigenvalue weighted by Crippen LogP contribution is -2.59. The molecule has 6 rings (SSSR count). The van der Waals surface area contributed by atoms with Crippen LogP contribution in [-0.4, -0.2) is 47.2 Å². The minimum atomic E-state index is -2.18. The number of nitrogens with zero attached hydrogens (tertiary/aromatic N) is 4. The van der Waals surface area contributed by atoms with E-state index in [0.717, 1.165) is 21.6 Å². The standard InChI is InChI=1S/C27H23Cl2FN4O6/c1-3-40-19-6-4-5-17(21(19)35)20-16-11-12-32-24(38)31(2)25(39)34(32)18(16)13-26(28)22(36)33(23(37)27(20,26)29)15-9-7-14(30)8-10-15/h4-11,18,20,35H,3,12-13H2,1-2H3/t18-,20-,26-,27+/m1/s1. The monoisotopic (exact) mass is 588 g/mol. The fraction of sp³-hybridized carbons (Fsp3) is 0.333. The van der Waals surface area contributed by atoms with E-state index in [2.05, 4.69) is 0 Å². The molecule has 2 aromatic carbocycles. The van der Waals surface area contributed by atoms with Gasteiger partial charge in [-0.05, 0) is 42.8 Å². The van der Waals surface area contributed by atoms with E-state index in [4.69, 9.17) is 27.9 Å². The highest BCUT2D eigenvalue weighted by molar-refractivity contribution is 6.58. The predicted octanol–water partition coefficient (Wildman–Crippen LogP) is 2.79. The number of phenolic OH excluding ortho intramolecular Hbond substituents is 1. The zero-order chi connectivity index (χ0) is 28.7. The number of allylic oxidation sites excluding steroid dienone is 2. The molecule has 1 aromatic heterocycles. The topological polar surface area (TPSA) is 116 Å². The average molecular weight is 589 g/mol. The van der Waals surface area contributed by atoms with Gasteiger partial charge in [-0.1, -0.05) is 18.2 Å². The Morgan fingerprint density at radius 2 is 1.75 bits per heavy atom. The largest absolute Gasteiger partial charge is 0.504 e. The molecule has 4 atom stereocenters. The van der Waals surface area contributed by atoms with Crippen LogP contribution >= 0.6 is 23.2 Å². The first kappa shape index (κ1) is 26.4. The van der Waals surface area contributed by atoms with Gasteiger partial charge in [0.2, 0.25) is 0 Å². The minimum Gasteiger partial charge on any atom is -0.504 e. The summed E-state index contributed by atoms with van der Waals surface area (Å²) < 4.78 is 22.7. The summed E-state index contributed by atoms with van der Waals surface area (Å²) in [6, 6.07) is 8.45. The van der Waals surface area contributed by atoms with E-state index in [1.807, 2.05) is 0 Å². The number of anilines is 1. The van der Waals surface area contributed by atoms with Gasteiger partial charge in [0.05, 0.1) is 24.9 Å². The van der Waals surface area contributed by atoms with Crippen molar-refractivity contribution in [2.45, 2.75) is 41.6 Å². The Hall–Kier alpha value is -3.83. The summed E-state index contributed by atoms with van der Waals surface area (Å²) in [5.74, 6) is -3.71. The van der Waals surface area contributed by atoms with Crippen LogP contribution in [0.1, 0.15) is 30.9 Å². The van der Waals surface area contributed by atoms with E-state index in [1.54, 1.807) is 31.2 Å². The van der Waals surface area contributed by atoms with E-state index < -0.39 is 50.7 Å². The zero-order valence-electron chi connectivity index (χ0n) is 21.3. The van der Waals surface area contributed by atoms with Crippen LogP contribution in [0.15, 0.2) is 63.7 Å². The van der Waals surface area contributed by atoms with Gasteiger partial charge in [0.1, 0.15) is 5.82 Å². The van der Waals surface area contributed by atoms with Crippen molar-refractivity contribution < 1.29 is 23.8 Å². The number of amides is 2. The van der Waals surface area contributed by atoms with Crippen molar-refractivity contribution in [2.24, 2.45) is 7.05 Å². The smallest absolute Gasteiger partial charge is 0.347 e. The first-order valence-electron chi connectivity index (χ1n) is 12.5. The highest BCUT2D eigenvalue weighted by Gasteiger charge is 2.76. The molecule has 13 heteroatoms. The van der Waals surface area contributed by atoms with Gasteiger partial charge in [-0.25, -0.2) is 32.8 Å². The molecule has 1 N–H and O–H groups in total. The molecule has 1 saturated heterocycles. The maximum atomic E-state index is 14.2. The lowest BCUT2D eigenvalue weighted by Gasteiger charge is -2.49. The number of halogens is 3. The summed E-state index contributed by atoms with van der Waals surface area (Å²) in [5.41, 5.74) is -0.552. The van der Waals surface area contributed by atoms with Gasteiger partial charge in [-0.15, -0.1) is 23.2 Å². The number of fused-ring (bicyclic) bond motifs is 4. The Morgan fingerprint density at radius 3 is 2.42 bits per heavy atom. The van der Waals surface area contributed by atoms with E-state index in [9.17, 15) is 28.7 Å². The summed E-state index contributed by atoms with van der Waals surface area (Å²) in [4.78, 5) is 50.8. The summed E-state index contributed by atoms with van der Waals surface area (Å²) >= 11 is 14.4. The van der Waals surface area contributed by atoms with Crippen LogP contribution < -0.4 is 21.0 Å². The molecule has 10 nitrogen and oxygen atoms in total. The minimum absolute atomic E-state index is 0.0186. The SMILES string of the molecule is CCOc1cccc([C@H]2C3=CCn4c(=O)n(C)c(=O)n4[C@@H]3C[C@@]3(Cl)C(=O)N(c4ccc(F)cc4)C(=O)[C@@]23Cl)c1O. The van der Waals surface area contributed by atoms with Crippen LogP contribution in [0.4, 0.5) is 10.1 Å². The number of rotatable bonds is 4. The van der Waals surface area contributed by atoms with Crippen molar-refractivity contribution in [2.75, 3.05) is 11.5 Å². The third-order valence-corrected chi connectivity index (χ3v) is 9.41. The highest BCUT2D eigenvalue weighted by atomic mass is 35.5. The first-order valence-corrected chi connectivity index (χ1v) is 13.3. The van der Waals surface area contributed by atoms with Gasteiger partial charge in [-0.2, -0.15) is 0 Å². The fourth-order valence-electron chi connectivity index (χ4n) is 6.16.